The zero-order chi connectivity index (χ0) is 26.1. The monoisotopic (exact) mass is 561 g/mol. The van der Waals surface area contributed by atoms with Crippen molar-refractivity contribution in [1.29, 1.82) is 0 Å². The first kappa shape index (κ1) is 25.7. The third-order valence-corrected chi connectivity index (χ3v) is 6.60. The lowest BCUT2D eigenvalue weighted by atomic mass is 10.1. The molecule has 1 aliphatic rings. The molecule has 0 aliphatic carbocycles. The van der Waals surface area contributed by atoms with Gasteiger partial charge in [0.2, 0.25) is 0 Å². The van der Waals surface area contributed by atoms with Gasteiger partial charge in [0.25, 0.3) is 17.7 Å². The lowest BCUT2D eigenvalue weighted by Crippen LogP contribution is -2.32. The first-order valence-corrected chi connectivity index (χ1v) is 11.8. The second-order valence-corrected chi connectivity index (χ2v) is 9.24. The second kappa shape index (κ2) is 10.3. The Bertz CT molecular complexity index is 1450. The van der Waals surface area contributed by atoms with Gasteiger partial charge in [-0.25, -0.2) is 4.90 Å². The number of nitrogens with zero attached hydrogens (tertiary/aromatic N) is 1. The minimum absolute atomic E-state index is 0.0411. The Morgan fingerprint density at radius 2 is 1.28 bits per heavy atom. The maximum absolute atomic E-state index is 13.0. The summed E-state index contributed by atoms with van der Waals surface area (Å²) in [5, 5.41) is 5.54. The molecule has 0 radical (unpaired) electrons. The normalized spacial score (nSPS) is 13.3. The molecule has 0 unspecified atom stereocenters. The number of Topliss-reactive ketones (excluding diaryl/α,β-unsaturated/α-hetero) is 1. The molecule has 182 valence electrons. The number of carbonyl (C=O) groups excluding carboxylic acids is 4. The van der Waals surface area contributed by atoms with Gasteiger partial charge in [-0.15, -0.1) is 0 Å². The third-order valence-electron chi connectivity index (χ3n) is 5.22. The van der Waals surface area contributed by atoms with Gasteiger partial charge in [-0.1, -0.05) is 46.4 Å². The van der Waals surface area contributed by atoms with Crippen LogP contribution in [-0.2, 0) is 9.59 Å². The molecule has 2 N–H and O–H groups in total. The highest BCUT2D eigenvalue weighted by Crippen LogP contribution is 2.38. The minimum atomic E-state index is -0.781. The van der Waals surface area contributed by atoms with Crippen molar-refractivity contribution >= 4 is 87.0 Å². The van der Waals surface area contributed by atoms with E-state index in [1.807, 2.05) is 0 Å². The van der Waals surface area contributed by atoms with Gasteiger partial charge in [0.05, 0.1) is 20.8 Å². The average molecular weight is 563 g/mol. The zero-order valence-electron chi connectivity index (χ0n) is 18.4. The van der Waals surface area contributed by atoms with Crippen molar-refractivity contribution < 1.29 is 19.2 Å². The summed E-state index contributed by atoms with van der Waals surface area (Å²) < 4.78 is 0. The Hall–Kier alpha value is -3.36. The summed E-state index contributed by atoms with van der Waals surface area (Å²) in [5.74, 6) is -1.96. The van der Waals surface area contributed by atoms with Crippen LogP contribution >= 0.6 is 46.4 Å². The molecule has 3 amide bonds. The highest BCUT2D eigenvalue weighted by atomic mass is 35.5. The van der Waals surface area contributed by atoms with Crippen LogP contribution in [0.2, 0.25) is 15.1 Å². The fourth-order valence-corrected chi connectivity index (χ4v) is 4.19. The molecule has 36 heavy (non-hydrogen) atoms. The summed E-state index contributed by atoms with van der Waals surface area (Å²) in [6.45, 7) is 1.46. The lowest BCUT2D eigenvalue weighted by Gasteiger charge is -2.17. The summed E-state index contributed by atoms with van der Waals surface area (Å²) in [5.41, 5.74) is 1.70. The molecule has 1 aliphatic heterocycles. The maximum Gasteiger partial charge on any atom is 0.283 e. The van der Waals surface area contributed by atoms with Crippen LogP contribution in [0.1, 0.15) is 27.6 Å². The van der Waals surface area contributed by atoms with Gasteiger partial charge < -0.3 is 10.6 Å². The molecule has 0 saturated carbocycles. The number of anilines is 3. The van der Waals surface area contributed by atoms with Crippen LogP contribution in [0.4, 0.5) is 17.1 Å². The van der Waals surface area contributed by atoms with Crippen LogP contribution in [0.3, 0.4) is 0 Å². The van der Waals surface area contributed by atoms with Crippen molar-refractivity contribution in [2.75, 3.05) is 15.5 Å². The second-order valence-electron chi connectivity index (χ2n) is 7.64. The van der Waals surface area contributed by atoms with E-state index in [9.17, 15) is 19.2 Å². The summed E-state index contributed by atoms with van der Waals surface area (Å²) in [4.78, 5) is 50.4. The first-order chi connectivity index (χ1) is 17.1. The van der Waals surface area contributed by atoms with E-state index in [0.717, 1.165) is 4.90 Å². The van der Waals surface area contributed by atoms with Crippen LogP contribution in [0.15, 0.2) is 71.4 Å². The van der Waals surface area contributed by atoms with E-state index in [0.29, 0.717) is 22.5 Å². The minimum Gasteiger partial charge on any atom is -0.350 e. The van der Waals surface area contributed by atoms with E-state index in [1.54, 1.807) is 36.4 Å². The highest BCUT2D eigenvalue weighted by molar-refractivity contribution is 6.54. The van der Waals surface area contributed by atoms with Crippen LogP contribution in [0.25, 0.3) is 0 Å². The summed E-state index contributed by atoms with van der Waals surface area (Å²) in [6, 6.07) is 15.3. The van der Waals surface area contributed by atoms with Crippen molar-refractivity contribution in [2.45, 2.75) is 6.92 Å². The van der Waals surface area contributed by atoms with Crippen molar-refractivity contribution in [3.05, 3.63) is 97.6 Å². The van der Waals surface area contributed by atoms with Gasteiger partial charge in [0.15, 0.2) is 5.78 Å². The standard InChI is InChI=1S/C25H15Cl4N3O4/c1-12(33)13-2-6-16(7-3-13)31-23(34)14-4-8-15(9-5-14)30-22-21(29)24(35)32(25(22)36)20-11-18(27)17(26)10-19(20)28/h2-11,30H,1H3,(H,31,34). The number of ketones is 1. The Labute approximate surface area is 225 Å². The summed E-state index contributed by atoms with van der Waals surface area (Å²) >= 11 is 24.3. The highest BCUT2D eigenvalue weighted by Gasteiger charge is 2.40. The molecular weight excluding hydrogens is 548 g/mol. The number of benzene rings is 3. The number of nitrogens with one attached hydrogen (secondary N) is 2. The lowest BCUT2D eigenvalue weighted by molar-refractivity contribution is -0.120. The molecule has 0 saturated heterocycles. The van der Waals surface area contributed by atoms with Gasteiger partial charge in [0, 0.05) is 22.5 Å². The molecule has 0 aromatic heterocycles. The Morgan fingerprint density at radius 1 is 0.722 bits per heavy atom. The van der Waals surface area contributed by atoms with Gasteiger partial charge in [-0.2, -0.15) is 0 Å². The average Bonchev–Trinajstić information content (AvgIpc) is 3.05. The van der Waals surface area contributed by atoms with Crippen molar-refractivity contribution in [1.82, 2.24) is 0 Å². The van der Waals surface area contributed by atoms with E-state index in [-0.39, 0.29) is 43.2 Å². The van der Waals surface area contributed by atoms with E-state index < -0.39 is 11.8 Å². The quantitative estimate of drug-likeness (QED) is 0.202. The molecule has 3 aromatic carbocycles. The van der Waals surface area contributed by atoms with Crippen molar-refractivity contribution in [2.24, 2.45) is 0 Å². The SMILES string of the molecule is CC(=O)c1ccc(NC(=O)c2ccc(NC3=C(Cl)C(=O)N(c4cc(Cl)c(Cl)cc4Cl)C3=O)cc2)cc1. The fourth-order valence-electron chi connectivity index (χ4n) is 3.35. The fraction of sp³-hybridized carbons (Fsp3) is 0.0400. The van der Waals surface area contributed by atoms with Gasteiger partial charge in [-0.05, 0) is 67.6 Å². The maximum atomic E-state index is 13.0. The van der Waals surface area contributed by atoms with Crippen LogP contribution in [0.5, 0.6) is 0 Å². The van der Waals surface area contributed by atoms with Crippen molar-refractivity contribution in [3.63, 3.8) is 0 Å². The van der Waals surface area contributed by atoms with Crippen LogP contribution < -0.4 is 15.5 Å². The Kier molecular flexibility index (Phi) is 7.38. The van der Waals surface area contributed by atoms with Crippen LogP contribution in [0, 0.1) is 0 Å². The van der Waals surface area contributed by atoms with Crippen molar-refractivity contribution in [3.8, 4) is 0 Å². The predicted octanol–water partition coefficient (Wildman–Crippen LogP) is 6.54. The third kappa shape index (κ3) is 5.10. The molecule has 4 rings (SSSR count). The van der Waals surface area contributed by atoms with E-state index in [2.05, 4.69) is 10.6 Å². The number of carbonyl (C=O) groups is 4. The molecule has 3 aromatic rings. The van der Waals surface area contributed by atoms with Crippen LogP contribution in [-0.4, -0.2) is 23.5 Å². The molecule has 11 heteroatoms. The molecule has 0 atom stereocenters. The molecule has 0 fully saturated rings. The molecular formula is C25H15Cl4N3O4. The number of halogens is 4. The molecule has 7 nitrogen and oxygen atoms in total. The summed E-state index contributed by atoms with van der Waals surface area (Å²) in [7, 11) is 0. The van der Waals surface area contributed by atoms with Gasteiger partial charge >= 0.3 is 0 Å². The summed E-state index contributed by atoms with van der Waals surface area (Å²) in [6.07, 6.45) is 0. The molecule has 0 spiro atoms. The van der Waals surface area contributed by atoms with E-state index in [1.165, 1.54) is 31.2 Å². The topological polar surface area (TPSA) is 95.6 Å². The number of hydrogen-bond acceptors (Lipinski definition) is 5. The smallest absolute Gasteiger partial charge is 0.283 e. The predicted molar refractivity (Wildman–Crippen MR) is 141 cm³/mol. The number of hydrogen-bond donors (Lipinski definition) is 2. The Morgan fingerprint density at radius 3 is 1.89 bits per heavy atom. The molecule has 1 heterocycles. The number of imide groups is 1. The molecule has 0 bridgehead atoms. The van der Waals surface area contributed by atoms with Gasteiger partial charge in [0.1, 0.15) is 10.7 Å². The van der Waals surface area contributed by atoms with E-state index >= 15 is 0 Å². The number of rotatable bonds is 6. The zero-order valence-corrected chi connectivity index (χ0v) is 21.4. The first-order valence-electron chi connectivity index (χ1n) is 10.3. The van der Waals surface area contributed by atoms with Gasteiger partial charge in [-0.3, -0.25) is 19.2 Å². The van der Waals surface area contributed by atoms with E-state index in [4.69, 9.17) is 46.4 Å². The number of amides is 3. The Balaban J connectivity index is 1.48. The largest absolute Gasteiger partial charge is 0.350 e.